The quantitative estimate of drug-likeness (QED) is 0.276. The number of nitrogens with zero attached hydrogens (tertiary/aromatic N) is 5. The summed E-state index contributed by atoms with van der Waals surface area (Å²) in [5, 5.41) is 8.60. The number of H-pyrrole nitrogens is 1. The van der Waals surface area contributed by atoms with E-state index in [4.69, 9.17) is 28.9 Å². The van der Waals surface area contributed by atoms with E-state index >= 15 is 4.39 Å². The summed E-state index contributed by atoms with van der Waals surface area (Å²) in [4.78, 5) is 20.7. The predicted molar refractivity (Wildman–Crippen MR) is 152 cm³/mol. The lowest BCUT2D eigenvalue weighted by atomic mass is 10.0. The van der Waals surface area contributed by atoms with Crippen molar-refractivity contribution in [1.29, 1.82) is 0 Å². The summed E-state index contributed by atoms with van der Waals surface area (Å²) < 4.78 is 42.7. The molecule has 1 saturated carbocycles. The predicted octanol–water partition coefficient (Wildman–Crippen LogP) is 4.62. The second-order valence-electron chi connectivity index (χ2n) is 10.3. The molecule has 3 N–H and O–H groups in total. The van der Waals surface area contributed by atoms with Crippen LogP contribution in [0.15, 0.2) is 64.4 Å². The molecule has 3 aromatic heterocycles. The molecule has 41 heavy (non-hydrogen) atoms. The number of aromatic amines is 1. The van der Waals surface area contributed by atoms with Crippen molar-refractivity contribution in [3.63, 3.8) is 0 Å². The lowest BCUT2D eigenvalue weighted by Crippen LogP contribution is -2.26. The van der Waals surface area contributed by atoms with Gasteiger partial charge in [0.15, 0.2) is 15.0 Å². The fraction of sp³-hybridized carbons (Fsp3) is 0.185. The normalized spacial score (nSPS) is 19.3. The van der Waals surface area contributed by atoms with E-state index in [1.807, 2.05) is 6.07 Å². The maximum Gasteiger partial charge on any atom is 0.252 e. The molecule has 5 aromatic rings. The number of hydrogen-bond donors (Lipinski definition) is 2. The Bertz CT molecular complexity index is 2070. The first kappa shape index (κ1) is 25.9. The Morgan fingerprint density at radius 3 is 2.63 bits per heavy atom. The minimum Gasteiger partial charge on any atom is -0.398 e. The third-order valence-corrected chi connectivity index (χ3v) is 9.19. The molecule has 10 nitrogen and oxygen atoms in total. The standard InChI is InChI=1S/C27H20Cl2FN7O3S/c1-41(39,40)21-7-12(2-4-18(21)31)24-26(30)33-27(32-24)25-17-10-16(17)20-6-13(8-23(38)37(20)25)15-9-14(28)3-5-19(15)36-11-22(29)34-35-36/h2-9,11,16-17,25H,10,31H2,1H3,(H,32,33). The highest BCUT2D eigenvalue weighted by Gasteiger charge is 2.54. The maximum absolute atomic E-state index is 15.2. The van der Waals surface area contributed by atoms with E-state index in [-0.39, 0.29) is 50.2 Å². The first-order chi connectivity index (χ1) is 19.5. The number of sulfone groups is 1. The minimum atomic E-state index is -3.64. The molecule has 7 rings (SSSR count). The fourth-order valence-electron chi connectivity index (χ4n) is 5.76. The molecule has 4 heterocycles. The summed E-state index contributed by atoms with van der Waals surface area (Å²) in [6.07, 6.45) is 3.41. The van der Waals surface area contributed by atoms with Crippen molar-refractivity contribution in [2.24, 2.45) is 5.92 Å². The summed E-state index contributed by atoms with van der Waals surface area (Å²) in [5.74, 6) is -0.282. The van der Waals surface area contributed by atoms with Crippen LogP contribution in [0.2, 0.25) is 10.2 Å². The van der Waals surface area contributed by atoms with Gasteiger partial charge in [0.25, 0.3) is 5.56 Å². The second-order valence-corrected chi connectivity index (χ2v) is 13.1. The number of nitrogens with one attached hydrogen (secondary N) is 1. The number of benzene rings is 2. The molecule has 208 valence electrons. The minimum absolute atomic E-state index is 0.0460. The van der Waals surface area contributed by atoms with Gasteiger partial charge in [0.1, 0.15) is 11.5 Å². The zero-order valence-corrected chi connectivity index (χ0v) is 23.5. The maximum atomic E-state index is 15.2. The summed E-state index contributed by atoms with van der Waals surface area (Å²) in [5.41, 5.74) is 8.63. The van der Waals surface area contributed by atoms with Crippen molar-refractivity contribution >= 4 is 38.7 Å². The Labute approximate surface area is 242 Å². The highest BCUT2D eigenvalue weighted by atomic mass is 35.5. The van der Waals surface area contributed by atoms with Gasteiger partial charge in [-0.15, -0.1) is 5.10 Å². The molecule has 1 aliphatic heterocycles. The van der Waals surface area contributed by atoms with Crippen molar-refractivity contribution in [1.82, 2.24) is 29.5 Å². The number of nitrogens with two attached hydrogens (primary N) is 1. The topological polar surface area (TPSA) is 142 Å². The van der Waals surface area contributed by atoms with E-state index in [1.54, 1.807) is 29.0 Å². The second kappa shape index (κ2) is 9.00. The lowest BCUT2D eigenvalue weighted by molar-refractivity contribution is 0.504. The molecule has 3 unspecified atom stereocenters. The van der Waals surface area contributed by atoms with E-state index in [9.17, 15) is 13.2 Å². The van der Waals surface area contributed by atoms with E-state index in [0.717, 1.165) is 18.4 Å². The average molecular weight is 612 g/mol. The number of halogens is 3. The SMILES string of the molecule is CS(=O)(=O)c1cc(-c2nc(C3C4CC4c4cc(-c5cc(Cl)ccc5-n5cc(Cl)nn5)cc(=O)n43)[nH]c2F)ccc1N. The highest BCUT2D eigenvalue weighted by molar-refractivity contribution is 7.90. The summed E-state index contributed by atoms with van der Waals surface area (Å²) >= 11 is 12.3. The number of imidazole rings is 1. The van der Waals surface area contributed by atoms with Crippen LogP contribution in [-0.4, -0.2) is 44.2 Å². The molecule has 0 amide bonds. The zero-order valence-electron chi connectivity index (χ0n) is 21.2. The van der Waals surface area contributed by atoms with Crippen LogP contribution in [0.1, 0.15) is 29.9 Å². The number of hydrogen-bond acceptors (Lipinski definition) is 7. The van der Waals surface area contributed by atoms with Gasteiger partial charge in [0.05, 0.1) is 28.5 Å². The van der Waals surface area contributed by atoms with Crippen LogP contribution < -0.4 is 11.3 Å². The van der Waals surface area contributed by atoms with Crippen LogP contribution in [0.25, 0.3) is 28.1 Å². The summed E-state index contributed by atoms with van der Waals surface area (Å²) in [7, 11) is -3.64. The molecular weight excluding hydrogens is 592 g/mol. The third-order valence-electron chi connectivity index (χ3n) is 7.63. The Balaban J connectivity index is 1.31. The number of rotatable bonds is 5. The van der Waals surface area contributed by atoms with Gasteiger partial charge >= 0.3 is 0 Å². The van der Waals surface area contributed by atoms with Gasteiger partial charge in [-0.1, -0.05) is 34.5 Å². The smallest absolute Gasteiger partial charge is 0.252 e. The number of anilines is 1. The highest BCUT2D eigenvalue weighted by Crippen LogP contribution is 2.60. The van der Waals surface area contributed by atoms with Crippen molar-refractivity contribution < 1.29 is 12.8 Å². The molecule has 1 aliphatic carbocycles. The molecule has 0 radical (unpaired) electrons. The molecule has 0 spiro atoms. The lowest BCUT2D eigenvalue weighted by Gasteiger charge is -2.17. The van der Waals surface area contributed by atoms with E-state index in [1.165, 1.54) is 28.9 Å². The van der Waals surface area contributed by atoms with Gasteiger partial charge in [-0.05, 0) is 54.3 Å². The number of fused-ring (bicyclic) bond motifs is 3. The fourth-order valence-corrected chi connectivity index (χ4v) is 6.90. The van der Waals surface area contributed by atoms with Gasteiger partial charge in [0.2, 0.25) is 5.95 Å². The van der Waals surface area contributed by atoms with Crippen LogP contribution in [0.3, 0.4) is 0 Å². The molecule has 0 saturated heterocycles. The van der Waals surface area contributed by atoms with Crippen molar-refractivity contribution in [2.75, 3.05) is 12.0 Å². The number of nitrogen functional groups attached to an aromatic ring is 1. The van der Waals surface area contributed by atoms with Gasteiger partial charge in [-0.2, -0.15) is 4.39 Å². The van der Waals surface area contributed by atoms with Gasteiger partial charge in [-0.25, -0.2) is 18.1 Å². The third kappa shape index (κ3) is 4.25. The van der Waals surface area contributed by atoms with E-state index < -0.39 is 21.8 Å². The van der Waals surface area contributed by atoms with Gasteiger partial charge < -0.3 is 15.3 Å². The van der Waals surface area contributed by atoms with E-state index in [0.29, 0.717) is 21.8 Å². The monoisotopic (exact) mass is 611 g/mol. The Morgan fingerprint density at radius 2 is 1.90 bits per heavy atom. The van der Waals surface area contributed by atoms with Crippen molar-refractivity contribution in [2.45, 2.75) is 23.3 Å². The first-order valence-electron chi connectivity index (χ1n) is 12.5. The number of aromatic nitrogens is 6. The molecule has 0 bridgehead atoms. The average Bonchev–Trinajstić information content (AvgIpc) is 3.23. The molecular formula is C27H20Cl2FN7O3S. The van der Waals surface area contributed by atoms with Crippen LogP contribution in [0.5, 0.6) is 0 Å². The van der Waals surface area contributed by atoms with Crippen molar-refractivity contribution in [3.8, 4) is 28.1 Å². The molecule has 2 aromatic carbocycles. The molecule has 3 atom stereocenters. The molecule has 14 heteroatoms. The first-order valence-corrected chi connectivity index (χ1v) is 15.1. The largest absolute Gasteiger partial charge is 0.398 e. The van der Waals surface area contributed by atoms with Crippen LogP contribution >= 0.6 is 23.2 Å². The zero-order chi connectivity index (χ0) is 28.8. The Morgan fingerprint density at radius 1 is 1.10 bits per heavy atom. The van der Waals surface area contributed by atoms with Gasteiger partial charge in [0, 0.05) is 40.1 Å². The summed E-state index contributed by atoms with van der Waals surface area (Å²) in [6.45, 7) is 0. The van der Waals surface area contributed by atoms with Crippen LogP contribution in [0.4, 0.5) is 10.1 Å². The molecule has 2 aliphatic rings. The van der Waals surface area contributed by atoms with Gasteiger partial charge in [-0.3, -0.25) is 4.79 Å². The molecule has 1 fully saturated rings. The summed E-state index contributed by atoms with van der Waals surface area (Å²) in [6, 6.07) is 12.4. The Kier molecular flexibility index (Phi) is 5.69. The number of pyridine rings is 1. The van der Waals surface area contributed by atoms with Crippen LogP contribution in [0, 0.1) is 11.9 Å². The van der Waals surface area contributed by atoms with Crippen LogP contribution in [-0.2, 0) is 9.84 Å². The van der Waals surface area contributed by atoms with Crippen molar-refractivity contribution in [3.05, 3.63) is 92.7 Å². The van der Waals surface area contributed by atoms with E-state index in [2.05, 4.69) is 20.3 Å². The Hall–Kier alpha value is -4.00.